The summed E-state index contributed by atoms with van der Waals surface area (Å²) in [4.78, 5) is 24.3. The summed E-state index contributed by atoms with van der Waals surface area (Å²) < 4.78 is 5.43. The molecule has 0 aromatic heterocycles. The van der Waals surface area contributed by atoms with Gasteiger partial charge in [-0.3, -0.25) is 4.79 Å². The van der Waals surface area contributed by atoms with E-state index in [1.807, 2.05) is 30.3 Å². The monoisotopic (exact) mass is 281 g/mol. The summed E-state index contributed by atoms with van der Waals surface area (Å²) in [5.41, 5.74) is 0. The number of hydrogen-bond donors (Lipinski definition) is 1. The molecule has 1 heterocycles. The first kappa shape index (κ1) is 13.7. The molecule has 19 heavy (non-hydrogen) atoms. The molecule has 1 atom stereocenters. The molecule has 0 aliphatic carbocycles. The number of carbonyl (C=O) groups is 2. The van der Waals surface area contributed by atoms with Gasteiger partial charge in [-0.1, -0.05) is 18.2 Å². The van der Waals surface area contributed by atoms with Gasteiger partial charge in [0.1, 0.15) is 11.8 Å². The highest BCUT2D eigenvalue weighted by atomic mass is 32.2. The topological polar surface area (TPSA) is 66.8 Å². The van der Waals surface area contributed by atoms with E-state index in [1.54, 1.807) is 0 Å². The Morgan fingerprint density at radius 3 is 2.79 bits per heavy atom. The zero-order valence-corrected chi connectivity index (χ0v) is 11.1. The first-order valence-corrected chi connectivity index (χ1v) is 7.12. The number of carboxylic acid groups (broad SMARTS) is 1. The molecule has 0 radical (unpaired) electrons. The first-order valence-electron chi connectivity index (χ1n) is 5.96. The van der Waals surface area contributed by atoms with Gasteiger partial charge in [-0.05, 0) is 12.1 Å². The van der Waals surface area contributed by atoms with Crippen LogP contribution in [-0.2, 0) is 9.59 Å². The van der Waals surface area contributed by atoms with Crippen LogP contribution < -0.4 is 4.74 Å². The Bertz CT molecular complexity index is 451. The molecular weight excluding hydrogens is 266 g/mol. The van der Waals surface area contributed by atoms with Crippen LogP contribution in [0.15, 0.2) is 30.3 Å². The Kier molecular flexibility index (Phi) is 4.68. The van der Waals surface area contributed by atoms with E-state index in [0.717, 1.165) is 0 Å². The van der Waals surface area contributed by atoms with Crippen molar-refractivity contribution >= 4 is 23.6 Å². The van der Waals surface area contributed by atoms with E-state index >= 15 is 0 Å². The Morgan fingerprint density at radius 2 is 2.11 bits per heavy atom. The van der Waals surface area contributed by atoms with Crippen LogP contribution in [0.2, 0.25) is 0 Å². The number of carboxylic acids is 1. The fourth-order valence-electron chi connectivity index (χ4n) is 1.81. The average Bonchev–Trinajstić information content (AvgIpc) is 2.89. The summed E-state index contributed by atoms with van der Waals surface area (Å²) in [6, 6.07) is 8.53. The highest BCUT2D eigenvalue weighted by molar-refractivity contribution is 7.99. The number of carbonyl (C=O) groups excluding carboxylic acids is 1. The zero-order chi connectivity index (χ0) is 13.7. The minimum atomic E-state index is -0.942. The molecule has 0 bridgehead atoms. The van der Waals surface area contributed by atoms with Crippen molar-refractivity contribution in [3.05, 3.63) is 30.3 Å². The number of rotatable bonds is 5. The third kappa shape index (κ3) is 3.64. The van der Waals surface area contributed by atoms with Crippen molar-refractivity contribution in [3.63, 3.8) is 0 Å². The van der Waals surface area contributed by atoms with Crippen molar-refractivity contribution in [2.45, 2.75) is 12.5 Å². The van der Waals surface area contributed by atoms with Gasteiger partial charge in [0.05, 0.1) is 18.9 Å². The summed E-state index contributed by atoms with van der Waals surface area (Å²) in [5.74, 6) is 0.499. The number of para-hydroxylation sites is 1. The number of benzene rings is 1. The van der Waals surface area contributed by atoms with Crippen molar-refractivity contribution in [2.24, 2.45) is 0 Å². The number of hydrogen-bond acceptors (Lipinski definition) is 4. The lowest BCUT2D eigenvalue weighted by Crippen LogP contribution is -2.42. The van der Waals surface area contributed by atoms with Gasteiger partial charge in [-0.15, -0.1) is 11.8 Å². The van der Waals surface area contributed by atoms with Crippen molar-refractivity contribution in [1.82, 2.24) is 4.90 Å². The lowest BCUT2D eigenvalue weighted by Gasteiger charge is -2.20. The number of nitrogens with zero attached hydrogens (tertiary/aromatic N) is 1. The third-order valence-electron chi connectivity index (χ3n) is 2.82. The van der Waals surface area contributed by atoms with Gasteiger partial charge in [0, 0.05) is 5.75 Å². The summed E-state index contributed by atoms with van der Waals surface area (Å²) in [7, 11) is 0. The molecule has 0 unspecified atom stereocenters. The van der Waals surface area contributed by atoms with Crippen LogP contribution in [0.3, 0.4) is 0 Å². The largest absolute Gasteiger partial charge is 0.493 e. The van der Waals surface area contributed by atoms with E-state index in [-0.39, 0.29) is 18.9 Å². The van der Waals surface area contributed by atoms with E-state index in [4.69, 9.17) is 9.84 Å². The molecule has 1 aromatic rings. The molecule has 1 saturated heterocycles. The lowest BCUT2D eigenvalue weighted by molar-refractivity contribution is -0.147. The van der Waals surface area contributed by atoms with E-state index in [2.05, 4.69) is 0 Å². The Hall–Kier alpha value is -1.69. The van der Waals surface area contributed by atoms with Crippen LogP contribution in [0, 0.1) is 0 Å². The van der Waals surface area contributed by atoms with Crippen molar-refractivity contribution < 1.29 is 19.4 Å². The zero-order valence-electron chi connectivity index (χ0n) is 10.3. The maximum atomic E-state index is 11.9. The average molecular weight is 281 g/mol. The van der Waals surface area contributed by atoms with Crippen molar-refractivity contribution in [2.75, 3.05) is 18.2 Å². The summed E-state index contributed by atoms with van der Waals surface area (Å²) in [6.07, 6.45) is 0.194. The van der Waals surface area contributed by atoms with E-state index in [1.165, 1.54) is 16.7 Å². The lowest BCUT2D eigenvalue weighted by atomic mass is 10.2. The number of thioether (sulfide) groups is 1. The van der Waals surface area contributed by atoms with Gasteiger partial charge in [0.25, 0.3) is 0 Å². The highest BCUT2D eigenvalue weighted by Crippen LogP contribution is 2.21. The standard InChI is InChI=1S/C13H15NO4S/c15-12(14-9-19-8-11(14)13(16)17)6-7-18-10-4-2-1-3-5-10/h1-5,11H,6-9H2,(H,16,17)/t11-/m0/s1. The Morgan fingerprint density at radius 1 is 1.37 bits per heavy atom. The molecule has 6 heteroatoms. The van der Waals surface area contributed by atoms with Gasteiger partial charge < -0.3 is 14.7 Å². The highest BCUT2D eigenvalue weighted by Gasteiger charge is 2.34. The number of amides is 1. The van der Waals surface area contributed by atoms with E-state index < -0.39 is 12.0 Å². The van der Waals surface area contributed by atoms with Crippen LogP contribution in [0.1, 0.15) is 6.42 Å². The molecule has 1 aromatic carbocycles. The van der Waals surface area contributed by atoms with Crippen molar-refractivity contribution in [1.29, 1.82) is 0 Å². The fourth-order valence-corrected chi connectivity index (χ4v) is 2.98. The molecule has 0 saturated carbocycles. The second-order valence-corrected chi connectivity index (χ2v) is 5.13. The SMILES string of the molecule is O=C(O)[C@@H]1CSCN1C(=O)CCOc1ccccc1. The molecule has 1 aliphatic heterocycles. The minimum absolute atomic E-state index is 0.173. The molecule has 2 rings (SSSR count). The smallest absolute Gasteiger partial charge is 0.327 e. The molecule has 5 nitrogen and oxygen atoms in total. The molecule has 1 aliphatic rings. The first-order chi connectivity index (χ1) is 9.18. The van der Waals surface area contributed by atoms with Crippen molar-refractivity contribution in [3.8, 4) is 5.75 Å². The molecular formula is C13H15NO4S. The molecule has 1 fully saturated rings. The summed E-state index contributed by atoms with van der Waals surface area (Å²) in [5, 5.41) is 9.00. The molecule has 1 N–H and O–H groups in total. The predicted octanol–water partition coefficient (Wildman–Crippen LogP) is 1.44. The van der Waals surface area contributed by atoms with Gasteiger partial charge in [0.15, 0.2) is 0 Å². The molecule has 0 spiro atoms. The van der Waals surface area contributed by atoms with Gasteiger partial charge in [0.2, 0.25) is 5.91 Å². The van der Waals surface area contributed by atoms with E-state index in [9.17, 15) is 9.59 Å². The van der Waals surface area contributed by atoms with Crippen LogP contribution >= 0.6 is 11.8 Å². The van der Waals surface area contributed by atoms with E-state index in [0.29, 0.717) is 17.4 Å². The van der Waals surface area contributed by atoms with Gasteiger partial charge >= 0.3 is 5.97 Å². The van der Waals surface area contributed by atoms with Crippen LogP contribution in [0.4, 0.5) is 0 Å². The maximum absolute atomic E-state index is 11.9. The second-order valence-electron chi connectivity index (χ2n) is 4.13. The van der Waals surface area contributed by atoms with Crippen LogP contribution in [0.25, 0.3) is 0 Å². The van der Waals surface area contributed by atoms with Crippen LogP contribution in [-0.4, -0.2) is 46.2 Å². The Labute approximate surface area is 115 Å². The molecule has 102 valence electrons. The molecule has 1 amide bonds. The summed E-state index contributed by atoms with van der Waals surface area (Å²) >= 11 is 1.46. The van der Waals surface area contributed by atoms with Crippen LogP contribution in [0.5, 0.6) is 5.75 Å². The maximum Gasteiger partial charge on any atom is 0.327 e. The normalized spacial score (nSPS) is 18.3. The minimum Gasteiger partial charge on any atom is -0.493 e. The quantitative estimate of drug-likeness (QED) is 0.884. The van der Waals surface area contributed by atoms with Gasteiger partial charge in [-0.2, -0.15) is 0 Å². The van der Waals surface area contributed by atoms with Gasteiger partial charge in [-0.25, -0.2) is 4.79 Å². The number of aliphatic carboxylic acids is 1. The third-order valence-corrected chi connectivity index (χ3v) is 3.83. The second kappa shape index (κ2) is 6.47. The number of ether oxygens (including phenoxy) is 1. The summed E-state index contributed by atoms with van der Waals surface area (Å²) in [6.45, 7) is 0.260. The Balaban J connectivity index is 1.80. The fraction of sp³-hybridized carbons (Fsp3) is 0.385. The predicted molar refractivity (Wildman–Crippen MR) is 72.1 cm³/mol.